The smallest absolute Gasteiger partial charge is 0.237 e. The van der Waals surface area contributed by atoms with E-state index in [1.54, 1.807) is 23.9 Å². The van der Waals surface area contributed by atoms with Gasteiger partial charge in [0.25, 0.3) is 0 Å². The Bertz CT molecular complexity index is 941. The molecule has 0 saturated carbocycles. The van der Waals surface area contributed by atoms with Crippen molar-refractivity contribution >= 4 is 34.1 Å². The summed E-state index contributed by atoms with van der Waals surface area (Å²) in [6.45, 7) is 2.13. The van der Waals surface area contributed by atoms with E-state index >= 15 is 0 Å². The van der Waals surface area contributed by atoms with E-state index in [0.29, 0.717) is 17.2 Å². The number of amides is 1. The average Bonchev–Trinajstić information content (AvgIpc) is 3.09. The van der Waals surface area contributed by atoms with Gasteiger partial charge in [0.05, 0.1) is 5.25 Å². The van der Waals surface area contributed by atoms with E-state index in [1.165, 1.54) is 10.8 Å². The van der Waals surface area contributed by atoms with Gasteiger partial charge in [0.2, 0.25) is 12.7 Å². The molecule has 3 aromatic rings. The molecule has 4 nitrogen and oxygen atoms in total. The predicted octanol–water partition coefficient (Wildman–Crippen LogP) is 4.69. The zero-order valence-electron chi connectivity index (χ0n) is 13.7. The number of benzene rings is 3. The third-order valence-electron chi connectivity index (χ3n) is 4.04. The Morgan fingerprint density at radius 3 is 2.68 bits per heavy atom. The van der Waals surface area contributed by atoms with Crippen LogP contribution in [0.2, 0.25) is 0 Å². The molecule has 1 amide bonds. The average molecular weight is 351 g/mol. The van der Waals surface area contributed by atoms with E-state index in [0.717, 1.165) is 4.90 Å². The number of hydrogen-bond acceptors (Lipinski definition) is 4. The van der Waals surface area contributed by atoms with E-state index in [9.17, 15) is 4.79 Å². The van der Waals surface area contributed by atoms with Gasteiger partial charge in [-0.3, -0.25) is 4.79 Å². The minimum absolute atomic E-state index is 0.0444. The molecule has 1 aliphatic heterocycles. The molecular formula is C20H17NO3S. The maximum atomic E-state index is 12.5. The summed E-state index contributed by atoms with van der Waals surface area (Å²) in [5, 5.41) is 5.09. The summed E-state index contributed by atoms with van der Waals surface area (Å²) in [7, 11) is 0. The number of carbonyl (C=O) groups excluding carboxylic acids is 1. The fourth-order valence-corrected chi connectivity index (χ4v) is 3.63. The zero-order chi connectivity index (χ0) is 17.2. The lowest BCUT2D eigenvalue weighted by atomic mass is 10.1. The summed E-state index contributed by atoms with van der Waals surface area (Å²) in [5.74, 6) is 1.32. The number of nitrogens with one attached hydrogen (secondary N) is 1. The molecule has 0 spiro atoms. The first-order chi connectivity index (χ1) is 12.2. The van der Waals surface area contributed by atoms with Gasteiger partial charge in [-0.15, -0.1) is 11.8 Å². The summed E-state index contributed by atoms with van der Waals surface area (Å²) in [4.78, 5) is 13.6. The molecule has 25 heavy (non-hydrogen) atoms. The Balaban J connectivity index is 1.44. The fraction of sp³-hybridized carbons (Fsp3) is 0.150. The van der Waals surface area contributed by atoms with Crippen LogP contribution in [0, 0.1) is 0 Å². The third kappa shape index (κ3) is 3.42. The highest BCUT2D eigenvalue weighted by Crippen LogP contribution is 2.34. The second kappa shape index (κ2) is 6.69. The van der Waals surface area contributed by atoms with Crippen LogP contribution in [0.4, 0.5) is 5.69 Å². The first-order valence-corrected chi connectivity index (χ1v) is 8.93. The van der Waals surface area contributed by atoms with Crippen LogP contribution in [-0.4, -0.2) is 18.0 Å². The van der Waals surface area contributed by atoms with Crippen molar-refractivity contribution in [3.05, 3.63) is 60.7 Å². The van der Waals surface area contributed by atoms with Crippen molar-refractivity contribution in [2.75, 3.05) is 12.1 Å². The van der Waals surface area contributed by atoms with Crippen LogP contribution >= 0.6 is 11.8 Å². The number of fused-ring (bicyclic) bond motifs is 2. The van der Waals surface area contributed by atoms with E-state index in [1.807, 2.05) is 25.1 Å². The Hall–Kier alpha value is -2.66. The Labute approximate surface area is 150 Å². The molecular weight excluding hydrogens is 334 g/mol. The summed E-state index contributed by atoms with van der Waals surface area (Å²) >= 11 is 1.54. The van der Waals surface area contributed by atoms with E-state index < -0.39 is 0 Å². The van der Waals surface area contributed by atoms with Gasteiger partial charge in [0.1, 0.15) is 0 Å². The second-order valence-electron chi connectivity index (χ2n) is 5.83. The van der Waals surface area contributed by atoms with Gasteiger partial charge in [-0.2, -0.15) is 0 Å². The third-order valence-corrected chi connectivity index (χ3v) is 5.14. The standard InChI is InChI=1S/C20H17NO3S/c1-13(25-17-8-6-14-4-2-3-5-15(14)10-17)20(22)21-16-7-9-18-19(11-16)24-12-23-18/h2-11,13H,12H2,1H3,(H,21,22)/t13-/m1/s1. The van der Waals surface area contributed by atoms with Crippen molar-refractivity contribution in [1.29, 1.82) is 0 Å². The zero-order valence-corrected chi connectivity index (χ0v) is 14.5. The maximum Gasteiger partial charge on any atom is 0.237 e. The van der Waals surface area contributed by atoms with Crippen LogP contribution in [0.1, 0.15) is 6.92 Å². The summed E-state index contributed by atoms with van der Waals surface area (Å²) < 4.78 is 10.6. The van der Waals surface area contributed by atoms with Crippen molar-refractivity contribution in [1.82, 2.24) is 0 Å². The molecule has 5 heteroatoms. The molecule has 1 N–H and O–H groups in total. The number of rotatable bonds is 4. The van der Waals surface area contributed by atoms with E-state index in [-0.39, 0.29) is 18.0 Å². The van der Waals surface area contributed by atoms with Gasteiger partial charge in [0, 0.05) is 16.6 Å². The SMILES string of the molecule is C[C@@H](Sc1ccc2ccccc2c1)C(=O)Nc1ccc2c(c1)OCO2. The minimum Gasteiger partial charge on any atom is -0.454 e. The van der Waals surface area contributed by atoms with Gasteiger partial charge < -0.3 is 14.8 Å². The highest BCUT2D eigenvalue weighted by molar-refractivity contribution is 8.00. The van der Waals surface area contributed by atoms with Crippen LogP contribution in [0.15, 0.2) is 65.6 Å². The van der Waals surface area contributed by atoms with Crippen molar-refractivity contribution < 1.29 is 14.3 Å². The Morgan fingerprint density at radius 2 is 1.80 bits per heavy atom. The van der Waals surface area contributed by atoms with Gasteiger partial charge in [-0.05, 0) is 42.0 Å². The van der Waals surface area contributed by atoms with Gasteiger partial charge >= 0.3 is 0 Å². The number of carbonyl (C=O) groups is 1. The quantitative estimate of drug-likeness (QED) is 0.693. The summed E-state index contributed by atoms with van der Waals surface area (Å²) in [6.07, 6.45) is 0. The van der Waals surface area contributed by atoms with Crippen molar-refractivity contribution in [2.24, 2.45) is 0 Å². The van der Waals surface area contributed by atoms with Crippen LogP contribution in [-0.2, 0) is 4.79 Å². The molecule has 0 radical (unpaired) electrons. The minimum atomic E-state index is -0.216. The van der Waals surface area contributed by atoms with Crippen LogP contribution in [0.25, 0.3) is 10.8 Å². The molecule has 0 bridgehead atoms. The number of thioether (sulfide) groups is 1. The molecule has 126 valence electrons. The van der Waals surface area contributed by atoms with E-state index in [4.69, 9.17) is 9.47 Å². The van der Waals surface area contributed by atoms with Gasteiger partial charge in [-0.25, -0.2) is 0 Å². The normalized spacial score (nSPS) is 13.6. The van der Waals surface area contributed by atoms with Crippen LogP contribution in [0.5, 0.6) is 11.5 Å². The van der Waals surface area contributed by atoms with Crippen molar-refractivity contribution in [2.45, 2.75) is 17.1 Å². The molecule has 0 unspecified atom stereocenters. The Kier molecular flexibility index (Phi) is 4.24. The molecule has 1 aliphatic rings. The van der Waals surface area contributed by atoms with Crippen molar-refractivity contribution in [3.63, 3.8) is 0 Å². The van der Waals surface area contributed by atoms with E-state index in [2.05, 4.69) is 35.6 Å². The summed E-state index contributed by atoms with van der Waals surface area (Å²) in [6, 6.07) is 19.9. The fourth-order valence-electron chi connectivity index (χ4n) is 2.72. The monoisotopic (exact) mass is 351 g/mol. The lowest BCUT2D eigenvalue weighted by Crippen LogP contribution is -2.22. The largest absolute Gasteiger partial charge is 0.454 e. The lowest BCUT2D eigenvalue weighted by Gasteiger charge is -2.13. The second-order valence-corrected chi connectivity index (χ2v) is 7.24. The number of ether oxygens (including phenoxy) is 2. The number of hydrogen-bond donors (Lipinski definition) is 1. The molecule has 1 atom stereocenters. The molecule has 1 heterocycles. The first kappa shape index (κ1) is 15.8. The highest BCUT2D eigenvalue weighted by atomic mass is 32.2. The molecule has 3 aromatic carbocycles. The van der Waals surface area contributed by atoms with Gasteiger partial charge in [-0.1, -0.05) is 30.3 Å². The molecule has 0 aliphatic carbocycles. The summed E-state index contributed by atoms with van der Waals surface area (Å²) in [5.41, 5.74) is 0.709. The van der Waals surface area contributed by atoms with Crippen LogP contribution in [0.3, 0.4) is 0 Å². The lowest BCUT2D eigenvalue weighted by molar-refractivity contribution is -0.115. The van der Waals surface area contributed by atoms with Crippen molar-refractivity contribution in [3.8, 4) is 11.5 Å². The predicted molar refractivity (Wildman–Crippen MR) is 100 cm³/mol. The topological polar surface area (TPSA) is 47.6 Å². The molecule has 0 fully saturated rings. The molecule has 0 saturated heterocycles. The Morgan fingerprint density at radius 1 is 1.00 bits per heavy atom. The number of anilines is 1. The molecule has 4 rings (SSSR count). The van der Waals surface area contributed by atoms with Gasteiger partial charge in [0.15, 0.2) is 11.5 Å². The highest BCUT2D eigenvalue weighted by Gasteiger charge is 2.17. The first-order valence-electron chi connectivity index (χ1n) is 8.05. The maximum absolute atomic E-state index is 12.5. The molecule has 0 aromatic heterocycles. The van der Waals surface area contributed by atoms with Crippen LogP contribution < -0.4 is 14.8 Å².